The zero-order chi connectivity index (χ0) is 31.4. The van der Waals surface area contributed by atoms with Crippen molar-refractivity contribution in [3.05, 3.63) is 158 Å². The van der Waals surface area contributed by atoms with Crippen LogP contribution in [0, 0.1) is 11.8 Å². The minimum Gasteiger partial charge on any atom is -0.0754 e. The van der Waals surface area contributed by atoms with Crippen molar-refractivity contribution in [1.82, 2.24) is 0 Å². The molecule has 3 aromatic carbocycles. The Morgan fingerprint density at radius 2 is 1.59 bits per heavy atom. The van der Waals surface area contributed by atoms with Gasteiger partial charge in [0.15, 0.2) is 0 Å². The summed E-state index contributed by atoms with van der Waals surface area (Å²) in [6, 6.07) is 21.3. The molecule has 228 valence electrons. The van der Waals surface area contributed by atoms with Crippen molar-refractivity contribution >= 4 is 29.4 Å². The minimum absolute atomic E-state index is 0.170. The molecule has 0 radical (unpaired) electrons. The van der Waals surface area contributed by atoms with Gasteiger partial charge in [0.25, 0.3) is 0 Å². The molecule has 0 N–H and O–H groups in total. The Balaban J connectivity index is 1.02. The molecule has 0 aliphatic heterocycles. The Kier molecular flexibility index (Phi) is 6.06. The molecule has 0 heterocycles. The first kappa shape index (κ1) is 28.1. The van der Waals surface area contributed by atoms with Crippen molar-refractivity contribution < 1.29 is 0 Å². The fraction of sp³-hybridized carbons (Fsp3) is 0.304. The zero-order valence-corrected chi connectivity index (χ0v) is 28.0. The first-order chi connectivity index (χ1) is 22.2. The molecule has 0 fully saturated rings. The van der Waals surface area contributed by atoms with Gasteiger partial charge in [-0.15, -0.1) is 0 Å². The van der Waals surface area contributed by atoms with Gasteiger partial charge in [0.05, 0.1) is 0 Å². The molecule has 0 bridgehead atoms. The summed E-state index contributed by atoms with van der Waals surface area (Å²) in [4.78, 5) is 0. The van der Waals surface area contributed by atoms with Gasteiger partial charge in [0.1, 0.15) is 0 Å². The van der Waals surface area contributed by atoms with Gasteiger partial charge < -0.3 is 0 Å². The van der Waals surface area contributed by atoms with E-state index in [4.69, 9.17) is 0 Å². The van der Waals surface area contributed by atoms with Crippen LogP contribution in [0.1, 0.15) is 110 Å². The van der Waals surface area contributed by atoms with E-state index in [1.54, 1.807) is 0 Å². The van der Waals surface area contributed by atoms with Crippen molar-refractivity contribution in [3.63, 3.8) is 0 Å². The number of rotatable bonds is 4. The van der Waals surface area contributed by atoms with Crippen molar-refractivity contribution in [2.24, 2.45) is 11.8 Å². The van der Waals surface area contributed by atoms with Crippen molar-refractivity contribution in [2.45, 2.75) is 77.0 Å². The van der Waals surface area contributed by atoms with Gasteiger partial charge in [-0.05, 0) is 120 Å². The van der Waals surface area contributed by atoms with Crippen LogP contribution in [-0.2, 0) is 17.3 Å². The van der Waals surface area contributed by atoms with Crippen LogP contribution in [0.5, 0.6) is 0 Å². The second kappa shape index (κ2) is 9.92. The Morgan fingerprint density at radius 1 is 0.783 bits per heavy atom. The molecule has 6 aliphatic rings. The maximum Gasteiger partial charge on any atom is 0.0205 e. The SMILES string of the molecule is CCC(C)(C)c1cc2c3c(c1)C=CC1C(c4ccc5c(c4)CCC(C4=CC=C6c7ccccc7C(C)(C)C6C4)=C5)=CC=C(C=C2)C31. The van der Waals surface area contributed by atoms with Crippen LogP contribution < -0.4 is 0 Å². The predicted octanol–water partition coefficient (Wildman–Crippen LogP) is 11.8. The molecule has 0 aromatic heterocycles. The summed E-state index contributed by atoms with van der Waals surface area (Å²) in [7, 11) is 0. The maximum atomic E-state index is 2.51. The number of fused-ring (bicyclic) bond motifs is 4. The number of hydrogen-bond donors (Lipinski definition) is 0. The summed E-state index contributed by atoms with van der Waals surface area (Å²) >= 11 is 0. The molecule has 3 unspecified atom stereocenters. The molecule has 0 nitrogen and oxygen atoms in total. The molecule has 3 atom stereocenters. The molecule has 0 heteroatoms. The predicted molar refractivity (Wildman–Crippen MR) is 196 cm³/mol. The molecule has 46 heavy (non-hydrogen) atoms. The monoisotopic (exact) mass is 596 g/mol. The van der Waals surface area contributed by atoms with Gasteiger partial charge in [0.2, 0.25) is 0 Å². The van der Waals surface area contributed by atoms with Crippen molar-refractivity contribution in [2.75, 3.05) is 0 Å². The van der Waals surface area contributed by atoms with E-state index in [0.29, 0.717) is 17.8 Å². The van der Waals surface area contributed by atoms with Crippen LogP contribution in [0.2, 0.25) is 0 Å². The van der Waals surface area contributed by atoms with E-state index < -0.39 is 0 Å². The Bertz CT molecular complexity index is 2060. The lowest BCUT2D eigenvalue weighted by Gasteiger charge is -2.39. The van der Waals surface area contributed by atoms with Gasteiger partial charge in [-0.2, -0.15) is 0 Å². The lowest BCUT2D eigenvalue weighted by molar-refractivity contribution is 0.409. The highest BCUT2D eigenvalue weighted by molar-refractivity contribution is 5.85. The van der Waals surface area contributed by atoms with Gasteiger partial charge in [-0.25, -0.2) is 0 Å². The van der Waals surface area contributed by atoms with E-state index in [1.165, 1.54) is 77.9 Å². The zero-order valence-electron chi connectivity index (χ0n) is 28.0. The van der Waals surface area contributed by atoms with E-state index in [1.807, 2.05) is 0 Å². The summed E-state index contributed by atoms with van der Waals surface area (Å²) in [6.45, 7) is 11.9. The minimum atomic E-state index is 0.170. The highest BCUT2D eigenvalue weighted by Gasteiger charge is 2.44. The number of aryl methyl sites for hydroxylation is 1. The van der Waals surface area contributed by atoms with E-state index in [0.717, 1.165) is 25.7 Å². The van der Waals surface area contributed by atoms with E-state index >= 15 is 0 Å². The number of hydrogen-bond acceptors (Lipinski definition) is 0. The van der Waals surface area contributed by atoms with E-state index in [2.05, 4.69) is 144 Å². The lowest BCUT2D eigenvalue weighted by atomic mass is 9.64. The second-order valence-corrected chi connectivity index (χ2v) is 15.7. The first-order valence-electron chi connectivity index (χ1n) is 17.5. The highest BCUT2D eigenvalue weighted by atomic mass is 14.5. The van der Waals surface area contributed by atoms with Crippen molar-refractivity contribution in [3.8, 4) is 0 Å². The fourth-order valence-corrected chi connectivity index (χ4v) is 9.39. The first-order valence-corrected chi connectivity index (χ1v) is 17.5. The molecular formula is C46H44. The summed E-state index contributed by atoms with van der Waals surface area (Å²) in [5, 5.41) is 0. The molecule has 0 amide bonds. The van der Waals surface area contributed by atoms with Crippen LogP contribution in [0.3, 0.4) is 0 Å². The van der Waals surface area contributed by atoms with E-state index in [-0.39, 0.29) is 10.8 Å². The quantitative estimate of drug-likeness (QED) is 0.281. The molecule has 0 saturated heterocycles. The van der Waals surface area contributed by atoms with Crippen LogP contribution in [0.15, 0.2) is 108 Å². The average Bonchev–Trinajstić information content (AvgIpc) is 3.32. The Labute approximate surface area is 275 Å². The summed E-state index contributed by atoms with van der Waals surface area (Å²) in [5.74, 6) is 1.34. The summed E-state index contributed by atoms with van der Waals surface area (Å²) < 4.78 is 0. The van der Waals surface area contributed by atoms with Crippen molar-refractivity contribution in [1.29, 1.82) is 0 Å². The van der Waals surface area contributed by atoms with Gasteiger partial charge in [-0.1, -0.05) is 144 Å². The van der Waals surface area contributed by atoms with Crippen LogP contribution in [0.25, 0.3) is 29.4 Å². The molecule has 0 saturated carbocycles. The normalized spacial score (nSPS) is 24.5. The van der Waals surface area contributed by atoms with E-state index in [9.17, 15) is 0 Å². The molecule has 9 rings (SSSR count). The fourth-order valence-electron chi connectivity index (χ4n) is 9.39. The molecule has 6 aliphatic carbocycles. The third-order valence-electron chi connectivity index (χ3n) is 12.6. The largest absolute Gasteiger partial charge is 0.0754 e. The van der Waals surface area contributed by atoms with Gasteiger partial charge >= 0.3 is 0 Å². The van der Waals surface area contributed by atoms with Gasteiger partial charge in [-0.3, -0.25) is 0 Å². The molecular weight excluding hydrogens is 553 g/mol. The van der Waals surface area contributed by atoms with Gasteiger partial charge in [0, 0.05) is 11.8 Å². The number of benzene rings is 3. The summed E-state index contributed by atoms with van der Waals surface area (Å²) in [6.07, 6.45) is 26.3. The van der Waals surface area contributed by atoms with Crippen LogP contribution in [0.4, 0.5) is 0 Å². The Morgan fingerprint density at radius 3 is 2.43 bits per heavy atom. The smallest absolute Gasteiger partial charge is 0.0205 e. The second-order valence-electron chi connectivity index (χ2n) is 15.7. The summed E-state index contributed by atoms with van der Waals surface area (Å²) in [5.41, 5.74) is 20.9. The molecule has 3 aromatic rings. The topological polar surface area (TPSA) is 0 Å². The van der Waals surface area contributed by atoms with Crippen LogP contribution in [-0.4, -0.2) is 0 Å². The van der Waals surface area contributed by atoms with Crippen LogP contribution >= 0.6 is 0 Å². The highest BCUT2D eigenvalue weighted by Crippen LogP contribution is 2.55. The average molecular weight is 597 g/mol. The third-order valence-corrected chi connectivity index (χ3v) is 12.6. The molecule has 0 spiro atoms. The standard InChI is InChI=1S/C46H44/c1-6-45(2,3)36-25-34-16-11-28-17-20-37(40-22-19-35(26-36)43(34)44(28)40)33-15-14-29-23-30(12-13-31(29)24-33)32-18-21-39-38-9-7-8-10-41(38)46(4,5)42(39)27-32/h7-11,14-26,40,42,44H,6,12-13,27H2,1-5H3. The maximum absolute atomic E-state index is 2.51. The Hall–Kier alpha value is -4.16. The number of allylic oxidation sites excluding steroid dienone is 11. The lowest BCUT2D eigenvalue weighted by Crippen LogP contribution is -2.25. The third kappa shape index (κ3) is 4.05.